The summed E-state index contributed by atoms with van der Waals surface area (Å²) >= 11 is 4.18. The summed E-state index contributed by atoms with van der Waals surface area (Å²) in [7, 11) is 0. The van der Waals surface area contributed by atoms with Gasteiger partial charge in [0, 0.05) is 6.92 Å². The van der Waals surface area contributed by atoms with E-state index in [1.165, 1.54) is 5.56 Å². The highest BCUT2D eigenvalue weighted by Crippen LogP contribution is 2.16. The Balaban J connectivity index is 1.90. The van der Waals surface area contributed by atoms with Crippen LogP contribution in [0.5, 0.6) is 0 Å². The van der Waals surface area contributed by atoms with Crippen molar-refractivity contribution >= 4 is 23.7 Å². The maximum atomic E-state index is 5.45. The highest BCUT2D eigenvalue weighted by atomic mass is 32.1. The maximum absolute atomic E-state index is 5.45. The summed E-state index contributed by atoms with van der Waals surface area (Å²) in [5.41, 5.74) is 3.12. The van der Waals surface area contributed by atoms with E-state index in [0.29, 0.717) is 0 Å². The number of thiol groups is 1. The number of nitrogens with zero attached hydrogens (tertiary/aromatic N) is 1. The zero-order chi connectivity index (χ0) is 12.1. The maximum Gasteiger partial charge on any atom is 0.192 e. The summed E-state index contributed by atoms with van der Waals surface area (Å²) in [5.74, 6) is 1.67. The van der Waals surface area contributed by atoms with Crippen LogP contribution in [0.4, 0.5) is 0 Å². The Labute approximate surface area is 107 Å². The first kappa shape index (κ1) is 12.5. The molecular weight excluding hydrogens is 232 g/mol. The van der Waals surface area contributed by atoms with Crippen LogP contribution in [0.2, 0.25) is 0 Å². The van der Waals surface area contributed by atoms with Gasteiger partial charge in [0.25, 0.3) is 0 Å². The van der Waals surface area contributed by atoms with Crippen molar-refractivity contribution < 1.29 is 4.42 Å². The number of nitrogens with one attached hydrogen (secondary N) is 1. The molecule has 0 aliphatic carbocycles. The lowest BCUT2D eigenvalue weighted by atomic mass is 10.1. The third kappa shape index (κ3) is 3.48. The molecule has 2 aromatic rings. The molecule has 0 atom stereocenters. The Morgan fingerprint density at radius 1 is 1.35 bits per heavy atom. The molecular formula is C13H18N2OS. The number of oxazole rings is 1. The monoisotopic (exact) mass is 250 g/mol. The molecule has 0 aliphatic rings. The molecule has 2 rings (SSSR count). The molecule has 4 heteroatoms. The number of rotatable bonds is 6. The number of hydrogen-bond donors (Lipinski definition) is 2. The summed E-state index contributed by atoms with van der Waals surface area (Å²) in [6.07, 6.45) is 2.14. The molecule has 0 aliphatic heterocycles. The molecule has 0 unspecified atom stereocenters. The molecule has 0 saturated carbocycles. The largest absolute Gasteiger partial charge is 0.441 e. The van der Waals surface area contributed by atoms with Crippen molar-refractivity contribution in [1.29, 1.82) is 0 Å². The van der Waals surface area contributed by atoms with Gasteiger partial charge in [0.15, 0.2) is 11.5 Å². The minimum Gasteiger partial charge on any atom is -0.441 e. The second-order valence-electron chi connectivity index (χ2n) is 4.11. The minimum atomic E-state index is 0.726. The van der Waals surface area contributed by atoms with E-state index in [0.717, 1.165) is 48.7 Å². The molecule has 1 aromatic carbocycles. The standard InChI is InChI=1S/C13H18N2OS/c1-10-15-12-9-11(3-4-13(12)16-10)5-7-14-6-2-8-17/h3-4,9,14,17H,2,5-8H2,1H3. The van der Waals surface area contributed by atoms with E-state index < -0.39 is 0 Å². The van der Waals surface area contributed by atoms with Crippen molar-refractivity contribution in [3.8, 4) is 0 Å². The normalized spacial score (nSPS) is 11.2. The molecule has 0 amide bonds. The van der Waals surface area contributed by atoms with Gasteiger partial charge in [0.05, 0.1) is 0 Å². The van der Waals surface area contributed by atoms with E-state index in [2.05, 4.69) is 35.1 Å². The molecule has 1 heterocycles. The van der Waals surface area contributed by atoms with Gasteiger partial charge in [-0.05, 0) is 49.4 Å². The fourth-order valence-electron chi connectivity index (χ4n) is 1.81. The number of aryl methyl sites for hydroxylation is 1. The third-order valence-electron chi connectivity index (χ3n) is 2.66. The van der Waals surface area contributed by atoms with E-state index >= 15 is 0 Å². The smallest absolute Gasteiger partial charge is 0.192 e. The van der Waals surface area contributed by atoms with E-state index in [-0.39, 0.29) is 0 Å². The van der Waals surface area contributed by atoms with Gasteiger partial charge in [-0.1, -0.05) is 6.07 Å². The van der Waals surface area contributed by atoms with Gasteiger partial charge < -0.3 is 9.73 Å². The molecule has 0 fully saturated rings. The molecule has 0 radical (unpaired) electrons. The molecule has 3 nitrogen and oxygen atoms in total. The number of benzene rings is 1. The van der Waals surface area contributed by atoms with Crippen LogP contribution >= 0.6 is 12.6 Å². The van der Waals surface area contributed by atoms with Crippen LogP contribution in [0, 0.1) is 6.92 Å². The first-order chi connectivity index (χ1) is 8.29. The van der Waals surface area contributed by atoms with Crippen LogP contribution in [-0.2, 0) is 6.42 Å². The van der Waals surface area contributed by atoms with Crippen molar-refractivity contribution in [2.45, 2.75) is 19.8 Å². The van der Waals surface area contributed by atoms with Crippen LogP contribution < -0.4 is 5.32 Å². The summed E-state index contributed by atoms with van der Waals surface area (Å²) < 4.78 is 5.45. The van der Waals surface area contributed by atoms with E-state index in [1.807, 2.05) is 13.0 Å². The average Bonchev–Trinajstić information content (AvgIpc) is 2.68. The highest BCUT2D eigenvalue weighted by molar-refractivity contribution is 7.80. The second kappa shape index (κ2) is 6.07. The van der Waals surface area contributed by atoms with Gasteiger partial charge in [-0.25, -0.2) is 4.98 Å². The van der Waals surface area contributed by atoms with Crippen LogP contribution in [0.25, 0.3) is 11.1 Å². The first-order valence-electron chi connectivity index (χ1n) is 5.97. The average molecular weight is 250 g/mol. The summed E-state index contributed by atoms with van der Waals surface area (Å²) in [6, 6.07) is 6.21. The van der Waals surface area contributed by atoms with Gasteiger partial charge in [-0.2, -0.15) is 12.6 Å². The van der Waals surface area contributed by atoms with Crippen LogP contribution in [0.3, 0.4) is 0 Å². The third-order valence-corrected chi connectivity index (χ3v) is 2.98. The number of hydrogen-bond acceptors (Lipinski definition) is 4. The van der Waals surface area contributed by atoms with Crippen molar-refractivity contribution in [3.63, 3.8) is 0 Å². The minimum absolute atomic E-state index is 0.726. The molecule has 92 valence electrons. The lowest BCUT2D eigenvalue weighted by Crippen LogP contribution is -2.18. The van der Waals surface area contributed by atoms with Gasteiger partial charge in [-0.15, -0.1) is 0 Å². The lowest BCUT2D eigenvalue weighted by molar-refractivity contribution is 0.561. The van der Waals surface area contributed by atoms with Crippen LogP contribution in [0.15, 0.2) is 22.6 Å². The molecule has 1 N–H and O–H groups in total. The molecule has 0 saturated heterocycles. The van der Waals surface area contributed by atoms with Crippen molar-refractivity contribution in [1.82, 2.24) is 10.3 Å². The predicted molar refractivity (Wildman–Crippen MR) is 73.8 cm³/mol. The Bertz CT molecular complexity index is 481. The Kier molecular flexibility index (Phi) is 4.45. The number of fused-ring (bicyclic) bond motifs is 1. The van der Waals surface area contributed by atoms with E-state index in [9.17, 15) is 0 Å². The summed E-state index contributed by atoms with van der Waals surface area (Å²) in [4.78, 5) is 4.33. The predicted octanol–water partition coefficient (Wildman–Crippen LogP) is 2.59. The second-order valence-corrected chi connectivity index (χ2v) is 4.56. The van der Waals surface area contributed by atoms with Crippen LogP contribution in [-0.4, -0.2) is 23.8 Å². The zero-order valence-electron chi connectivity index (χ0n) is 10.1. The molecule has 0 bridgehead atoms. The fourth-order valence-corrected chi connectivity index (χ4v) is 1.96. The molecule has 0 spiro atoms. The van der Waals surface area contributed by atoms with Crippen molar-refractivity contribution in [3.05, 3.63) is 29.7 Å². The number of aromatic nitrogens is 1. The molecule has 1 aromatic heterocycles. The van der Waals surface area contributed by atoms with E-state index in [4.69, 9.17) is 4.42 Å². The highest BCUT2D eigenvalue weighted by Gasteiger charge is 2.02. The van der Waals surface area contributed by atoms with Crippen molar-refractivity contribution in [2.24, 2.45) is 0 Å². The van der Waals surface area contributed by atoms with Crippen molar-refractivity contribution in [2.75, 3.05) is 18.8 Å². The SMILES string of the molecule is Cc1nc2cc(CCNCCCS)ccc2o1. The quantitative estimate of drug-likeness (QED) is 0.611. The van der Waals surface area contributed by atoms with Gasteiger partial charge in [-0.3, -0.25) is 0 Å². The Hall–Kier alpha value is -1.00. The fraction of sp³-hybridized carbons (Fsp3) is 0.462. The Morgan fingerprint density at radius 2 is 2.24 bits per heavy atom. The topological polar surface area (TPSA) is 38.1 Å². The van der Waals surface area contributed by atoms with Gasteiger partial charge in [0.1, 0.15) is 5.52 Å². The summed E-state index contributed by atoms with van der Waals surface area (Å²) in [5, 5.41) is 3.40. The van der Waals surface area contributed by atoms with Crippen LogP contribution in [0.1, 0.15) is 17.9 Å². The Morgan fingerprint density at radius 3 is 3.06 bits per heavy atom. The van der Waals surface area contributed by atoms with Gasteiger partial charge in [0.2, 0.25) is 0 Å². The lowest BCUT2D eigenvalue weighted by Gasteiger charge is -2.03. The van der Waals surface area contributed by atoms with E-state index in [1.54, 1.807) is 0 Å². The molecule has 17 heavy (non-hydrogen) atoms. The van der Waals surface area contributed by atoms with Gasteiger partial charge >= 0.3 is 0 Å². The first-order valence-corrected chi connectivity index (χ1v) is 6.60. The zero-order valence-corrected chi connectivity index (χ0v) is 11.0. The summed E-state index contributed by atoms with van der Waals surface area (Å²) in [6.45, 7) is 3.91.